The first-order valence-corrected chi connectivity index (χ1v) is 7.11. The van der Waals surface area contributed by atoms with Crippen molar-refractivity contribution in [2.45, 2.75) is 67.2 Å². The first-order chi connectivity index (χ1) is 10.0. The first kappa shape index (κ1) is 38.0. The van der Waals surface area contributed by atoms with Gasteiger partial charge in [-0.25, -0.2) is 0 Å². The van der Waals surface area contributed by atoms with Crippen LogP contribution in [-0.4, -0.2) is 51.4 Å². The minimum atomic E-state index is -0.833. The summed E-state index contributed by atoms with van der Waals surface area (Å²) < 4.78 is 0. The Kier molecular flexibility index (Phi) is 71.0. The molecule has 140 valence electrons. The fraction of sp³-hybridized carbons (Fsp3) is 0.800. The molecule has 0 aliphatic rings. The molecule has 0 saturated heterocycles. The molecule has 4 N–H and O–H groups in total. The molecule has 8 heteroatoms. The van der Waals surface area contributed by atoms with Crippen molar-refractivity contribution in [1.82, 2.24) is 0 Å². The molecule has 0 aliphatic heterocycles. The van der Waals surface area contributed by atoms with Crippen molar-refractivity contribution in [1.29, 1.82) is 0 Å². The molecule has 23 heavy (non-hydrogen) atoms. The Labute approximate surface area is 155 Å². The molecule has 0 fully saturated rings. The summed E-state index contributed by atoms with van der Waals surface area (Å²) in [6.07, 6.45) is 4.08. The molecular formula is C15H34O7Ti. The Hall–Kier alpha value is -0.756. The second-order valence-electron chi connectivity index (χ2n) is 4.10. The zero-order valence-corrected chi connectivity index (χ0v) is 16.8. The van der Waals surface area contributed by atoms with Gasteiger partial charge in [-0.3, -0.25) is 9.59 Å². The quantitative estimate of drug-likeness (QED) is 0.555. The summed E-state index contributed by atoms with van der Waals surface area (Å²) in [6.45, 7) is 10.0. The van der Waals surface area contributed by atoms with E-state index in [-0.39, 0.29) is 27.5 Å². The molecule has 0 radical (unpaired) electrons. The van der Waals surface area contributed by atoms with Crippen LogP contribution in [0.15, 0.2) is 0 Å². The number of carbonyl (C=O) groups is 3. The van der Waals surface area contributed by atoms with E-state index in [0.717, 1.165) is 39.5 Å². The summed E-state index contributed by atoms with van der Waals surface area (Å²) in [6, 6.07) is 0. The Morgan fingerprint density at radius 1 is 0.696 bits per heavy atom. The maximum absolute atomic E-state index is 9.44. The molecule has 0 heterocycles. The van der Waals surface area contributed by atoms with Gasteiger partial charge >= 0.3 is 0 Å². The Morgan fingerprint density at radius 2 is 0.826 bits per heavy atom. The molecule has 7 nitrogen and oxygen atoms in total. The van der Waals surface area contributed by atoms with Gasteiger partial charge in [-0.15, -0.1) is 0 Å². The van der Waals surface area contributed by atoms with Crippen LogP contribution in [0, 0.1) is 0 Å². The standard InChI is InChI=1S/2C4H10O.C3H6O.2C2H4O2.Ti/c2*1-2-3-4-5;1-3(2)4;2*1-2(3)4;/h2*5H,2-4H2,1H3;1-2H3;2*1H3,(H,3,4);. The van der Waals surface area contributed by atoms with Crippen molar-refractivity contribution in [2.75, 3.05) is 13.2 Å². The maximum atomic E-state index is 9.44. The van der Waals surface area contributed by atoms with Gasteiger partial charge in [0, 0.05) is 48.8 Å². The van der Waals surface area contributed by atoms with Crippen molar-refractivity contribution in [2.24, 2.45) is 0 Å². The monoisotopic (exact) mass is 374 g/mol. The van der Waals surface area contributed by atoms with Gasteiger partial charge in [0.1, 0.15) is 5.78 Å². The van der Waals surface area contributed by atoms with Gasteiger partial charge in [-0.1, -0.05) is 26.7 Å². The second kappa shape index (κ2) is 42.9. The van der Waals surface area contributed by atoms with Crippen LogP contribution in [0.2, 0.25) is 0 Å². The Balaban J connectivity index is -0.0000000390. The number of ketones is 1. The van der Waals surface area contributed by atoms with Gasteiger partial charge in [0.2, 0.25) is 0 Å². The summed E-state index contributed by atoms with van der Waals surface area (Å²) in [7, 11) is 0. The Bertz CT molecular complexity index is 183. The van der Waals surface area contributed by atoms with E-state index in [2.05, 4.69) is 13.8 Å². The van der Waals surface area contributed by atoms with E-state index in [4.69, 9.17) is 30.0 Å². The van der Waals surface area contributed by atoms with Crippen molar-refractivity contribution < 1.29 is 56.5 Å². The largest absolute Gasteiger partial charge is 0.481 e. The van der Waals surface area contributed by atoms with Crippen LogP contribution in [0.4, 0.5) is 0 Å². The van der Waals surface area contributed by atoms with E-state index < -0.39 is 11.9 Å². The summed E-state index contributed by atoms with van der Waals surface area (Å²) in [5.74, 6) is -1.50. The van der Waals surface area contributed by atoms with Gasteiger partial charge in [-0.2, -0.15) is 0 Å². The number of aliphatic carboxylic acids is 2. The third kappa shape index (κ3) is 747. The molecule has 0 unspecified atom stereocenters. The number of carboxylic acid groups (broad SMARTS) is 2. The van der Waals surface area contributed by atoms with Crippen LogP contribution in [0.25, 0.3) is 0 Å². The summed E-state index contributed by atoms with van der Waals surface area (Å²) in [4.78, 5) is 27.4. The molecule has 0 aromatic heterocycles. The molecule has 0 amide bonds. The molecule has 0 bridgehead atoms. The second-order valence-corrected chi connectivity index (χ2v) is 4.10. The number of hydrogen-bond acceptors (Lipinski definition) is 5. The summed E-state index contributed by atoms with van der Waals surface area (Å²) >= 11 is 0. The SMILES string of the molecule is CC(=O)O.CC(=O)O.CC(C)=O.CCCCO.CCCCO.[Ti]. The predicted molar refractivity (Wildman–Crippen MR) is 87.0 cm³/mol. The van der Waals surface area contributed by atoms with E-state index in [1.807, 2.05) is 0 Å². The summed E-state index contributed by atoms with van der Waals surface area (Å²) in [5, 5.41) is 31.0. The van der Waals surface area contributed by atoms with E-state index in [1.165, 1.54) is 13.8 Å². The molecule has 0 aromatic rings. The zero-order chi connectivity index (χ0) is 19.0. The maximum Gasteiger partial charge on any atom is 0.300 e. The van der Waals surface area contributed by atoms with Gasteiger partial charge in [0.15, 0.2) is 0 Å². The smallest absolute Gasteiger partial charge is 0.300 e. The van der Waals surface area contributed by atoms with E-state index in [0.29, 0.717) is 13.2 Å². The minimum Gasteiger partial charge on any atom is -0.481 e. The van der Waals surface area contributed by atoms with Crippen molar-refractivity contribution in [3.8, 4) is 0 Å². The number of aliphatic hydroxyl groups excluding tert-OH is 2. The Morgan fingerprint density at radius 3 is 0.826 bits per heavy atom. The number of carbonyl (C=O) groups excluding carboxylic acids is 1. The zero-order valence-electron chi connectivity index (χ0n) is 15.3. The average Bonchev–Trinajstić information content (AvgIpc) is 2.29. The summed E-state index contributed by atoms with van der Waals surface area (Å²) in [5.41, 5.74) is 0. The van der Waals surface area contributed by atoms with E-state index in [1.54, 1.807) is 0 Å². The molecule has 0 spiro atoms. The number of Topliss-reactive ketones (excluding diaryl/α,β-unsaturated/α-hetero) is 1. The molecular weight excluding hydrogens is 340 g/mol. The first-order valence-electron chi connectivity index (χ1n) is 7.11. The van der Waals surface area contributed by atoms with Crippen molar-refractivity contribution in [3.05, 3.63) is 0 Å². The third-order valence-corrected chi connectivity index (χ3v) is 1.02. The molecule has 0 aliphatic carbocycles. The fourth-order valence-electron chi connectivity index (χ4n) is 0.316. The van der Waals surface area contributed by atoms with Crippen LogP contribution < -0.4 is 0 Å². The van der Waals surface area contributed by atoms with E-state index in [9.17, 15) is 4.79 Å². The van der Waals surface area contributed by atoms with Crippen molar-refractivity contribution >= 4 is 17.7 Å². The van der Waals surface area contributed by atoms with Gasteiger partial charge < -0.3 is 25.2 Å². The fourth-order valence-corrected chi connectivity index (χ4v) is 0.316. The molecule has 0 rings (SSSR count). The van der Waals surface area contributed by atoms with Crippen molar-refractivity contribution in [3.63, 3.8) is 0 Å². The van der Waals surface area contributed by atoms with Crippen LogP contribution in [0.3, 0.4) is 0 Å². The normalized spacial score (nSPS) is 6.96. The number of aliphatic hydroxyl groups is 2. The molecule has 0 atom stereocenters. The minimum absolute atomic E-state index is 0. The van der Waals surface area contributed by atoms with E-state index >= 15 is 0 Å². The molecule has 0 saturated carbocycles. The number of hydrogen-bond donors (Lipinski definition) is 4. The molecule has 0 aromatic carbocycles. The topological polar surface area (TPSA) is 132 Å². The average molecular weight is 374 g/mol. The third-order valence-electron chi connectivity index (χ3n) is 1.02. The number of carboxylic acids is 2. The predicted octanol–water partition coefficient (Wildman–Crippen LogP) is 2.33. The van der Waals surface area contributed by atoms with Crippen LogP contribution >= 0.6 is 0 Å². The van der Waals surface area contributed by atoms with Gasteiger partial charge in [-0.05, 0) is 26.7 Å². The van der Waals surface area contributed by atoms with Crippen LogP contribution in [-0.2, 0) is 36.1 Å². The van der Waals surface area contributed by atoms with Crippen LogP contribution in [0.5, 0.6) is 0 Å². The number of rotatable bonds is 4. The van der Waals surface area contributed by atoms with Gasteiger partial charge in [0.05, 0.1) is 0 Å². The number of unbranched alkanes of at least 4 members (excludes halogenated alkanes) is 2. The van der Waals surface area contributed by atoms with Crippen LogP contribution in [0.1, 0.15) is 67.2 Å². The van der Waals surface area contributed by atoms with Gasteiger partial charge in [0.25, 0.3) is 11.9 Å².